The maximum atomic E-state index is 11.3. The third kappa shape index (κ3) is 4.78. The zero-order valence-electron chi connectivity index (χ0n) is 10.8. The predicted octanol–water partition coefficient (Wildman–Crippen LogP) is -0.106. The first-order valence-electron chi connectivity index (χ1n) is 5.43. The van der Waals surface area contributed by atoms with Crippen molar-refractivity contribution in [2.45, 2.75) is 26.4 Å². The molecule has 0 aliphatic carbocycles. The summed E-state index contributed by atoms with van der Waals surface area (Å²) in [5, 5.41) is 2.44. The van der Waals surface area contributed by atoms with Gasteiger partial charge in [-0.15, -0.1) is 0 Å². The van der Waals surface area contributed by atoms with E-state index in [1.165, 1.54) is 0 Å². The van der Waals surface area contributed by atoms with E-state index >= 15 is 0 Å². The van der Waals surface area contributed by atoms with Gasteiger partial charge in [-0.25, -0.2) is 9.59 Å². The topological polar surface area (TPSA) is 102 Å². The summed E-state index contributed by atoms with van der Waals surface area (Å²) in [7, 11) is 0. The largest absolute Gasteiger partial charge is 0.444 e. The van der Waals surface area contributed by atoms with Gasteiger partial charge >= 0.3 is 12.1 Å². The molecule has 0 saturated carbocycles. The first-order valence-corrected chi connectivity index (χ1v) is 5.43. The van der Waals surface area contributed by atoms with E-state index in [-0.39, 0.29) is 0 Å². The fraction of sp³-hybridized carbons (Fsp3) is 0.455. The van der Waals surface area contributed by atoms with Gasteiger partial charge in [0.25, 0.3) is 11.8 Å². The third-order valence-corrected chi connectivity index (χ3v) is 1.74. The minimum absolute atomic E-state index is 0.305. The van der Waals surface area contributed by atoms with Gasteiger partial charge in [-0.05, 0) is 20.8 Å². The Hall–Kier alpha value is -2.38. The fourth-order valence-electron chi connectivity index (χ4n) is 1.07. The van der Waals surface area contributed by atoms with Crippen molar-refractivity contribution in [1.82, 2.24) is 10.4 Å². The van der Waals surface area contributed by atoms with Crippen molar-refractivity contribution in [3.63, 3.8) is 0 Å². The van der Waals surface area contributed by atoms with Gasteiger partial charge in [-0.2, -0.15) is 0 Å². The van der Waals surface area contributed by atoms with Crippen molar-refractivity contribution >= 4 is 23.9 Å². The lowest BCUT2D eigenvalue weighted by Crippen LogP contribution is -2.39. The molecular weight excluding hydrogens is 256 g/mol. The van der Waals surface area contributed by atoms with Crippen LogP contribution in [0.15, 0.2) is 12.2 Å². The highest BCUT2D eigenvalue weighted by Crippen LogP contribution is 2.06. The summed E-state index contributed by atoms with van der Waals surface area (Å²) in [5.74, 6) is -2.47. The molecule has 0 atom stereocenters. The smallest absolute Gasteiger partial charge is 0.408 e. The average molecular weight is 270 g/mol. The number of amides is 3. The minimum atomic E-state index is -0.962. The molecule has 0 spiro atoms. The van der Waals surface area contributed by atoms with E-state index in [9.17, 15) is 19.2 Å². The molecule has 0 aromatic heterocycles. The molecule has 0 bridgehead atoms. The highest BCUT2D eigenvalue weighted by Gasteiger charge is 2.28. The summed E-state index contributed by atoms with van der Waals surface area (Å²) < 4.78 is 4.88. The Bertz CT molecular complexity index is 431. The molecule has 8 nitrogen and oxygen atoms in total. The lowest BCUT2D eigenvalue weighted by atomic mass is 10.2. The van der Waals surface area contributed by atoms with E-state index in [1.807, 2.05) is 0 Å². The Morgan fingerprint density at radius 2 is 1.74 bits per heavy atom. The van der Waals surface area contributed by atoms with Crippen molar-refractivity contribution in [1.29, 1.82) is 0 Å². The number of alkyl carbamates (subject to hydrolysis) is 1. The van der Waals surface area contributed by atoms with Crippen LogP contribution in [0.1, 0.15) is 20.8 Å². The number of nitrogens with one attached hydrogen (secondary N) is 1. The number of rotatable bonds is 3. The summed E-state index contributed by atoms with van der Waals surface area (Å²) in [6.45, 7) is 4.47. The Morgan fingerprint density at radius 3 is 2.21 bits per heavy atom. The number of hydrogen-bond donors (Lipinski definition) is 1. The van der Waals surface area contributed by atoms with Crippen LogP contribution in [-0.2, 0) is 24.0 Å². The number of hydroxylamine groups is 2. The highest BCUT2D eigenvalue weighted by atomic mass is 16.7. The van der Waals surface area contributed by atoms with Gasteiger partial charge in [0.05, 0.1) is 0 Å². The van der Waals surface area contributed by atoms with Crippen molar-refractivity contribution in [2.75, 3.05) is 6.54 Å². The zero-order chi connectivity index (χ0) is 14.6. The summed E-state index contributed by atoms with van der Waals surface area (Å²) in [6, 6.07) is 0. The number of carbonyl (C=O) groups excluding carboxylic acids is 4. The maximum absolute atomic E-state index is 11.3. The SMILES string of the molecule is CC(C)(C)OC(=O)NCC(=O)ON1C(=O)C=CC1=O. The Labute approximate surface area is 109 Å². The average Bonchev–Trinajstić information content (AvgIpc) is 2.56. The second-order valence-corrected chi connectivity index (χ2v) is 4.62. The normalized spacial score (nSPS) is 14.6. The van der Waals surface area contributed by atoms with Crippen molar-refractivity contribution in [3.8, 4) is 0 Å². The maximum Gasteiger partial charge on any atom is 0.408 e. The molecule has 0 saturated heterocycles. The molecule has 1 heterocycles. The second-order valence-electron chi connectivity index (χ2n) is 4.62. The first-order chi connectivity index (χ1) is 8.69. The van der Waals surface area contributed by atoms with Crippen LogP contribution in [0.2, 0.25) is 0 Å². The van der Waals surface area contributed by atoms with E-state index in [1.54, 1.807) is 20.8 Å². The van der Waals surface area contributed by atoms with E-state index in [0.29, 0.717) is 5.06 Å². The lowest BCUT2D eigenvalue weighted by molar-refractivity contribution is -0.195. The predicted molar refractivity (Wildman–Crippen MR) is 61.3 cm³/mol. The van der Waals surface area contributed by atoms with Gasteiger partial charge in [0.1, 0.15) is 12.1 Å². The molecule has 0 aromatic rings. The number of nitrogens with zero attached hydrogens (tertiary/aromatic N) is 1. The molecule has 19 heavy (non-hydrogen) atoms. The van der Waals surface area contributed by atoms with Crippen molar-refractivity contribution in [3.05, 3.63) is 12.2 Å². The second kappa shape index (κ2) is 5.51. The Morgan fingerprint density at radius 1 is 1.21 bits per heavy atom. The van der Waals surface area contributed by atoms with E-state index in [0.717, 1.165) is 12.2 Å². The molecule has 1 N–H and O–H groups in total. The summed E-state index contributed by atoms with van der Waals surface area (Å²) in [5.41, 5.74) is -0.696. The molecule has 3 amide bonds. The summed E-state index contributed by atoms with van der Waals surface area (Å²) in [6.07, 6.45) is 1.13. The highest BCUT2D eigenvalue weighted by molar-refractivity contribution is 6.12. The quantitative estimate of drug-likeness (QED) is 0.718. The van der Waals surface area contributed by atoms with Gasteiger partial charge in [0.15, 0.2) is 0 Å². The minimum Gasteiger partial charge on any atom is -0.444 e. The van der Waals surface area contributed by atoms with Crippen molar-refractivity contribution in [2.24, 2.45) is 0 Å². The van der Waals surface area contributed by atoms with E-state index in [4.69, 9.17) is 4.74 Å². The van der Waals surface area contributed by atoms with E-state index in [2.05, 4.69) is 10.2 Å². The van der Waals surface area contributed by atoms with Crippen LogP contribution < -0.4 is 5.32 Å². The van der Waals surface area contributed by atoms with Crippen LogP contribution in [0.4, 0.5) is 4.79 Å². The number of carbonyl (C=O) groups is 4. The molecule has 0 radical (unpaired) electrons. The number of imide groups is 1. The van der Waals surface area contributed by atoms with Crippen LogP contribution in [0, 0.1) is 0 Å². The van der Waals surface area contributed by atoms with Crippen LogP contribution in [-0.4, -0.2) is 41.1 Å². The molecule has 0 unspecified atom stereocenters. The molecule has 104 valence electrons. The Balaban J connectivity index is 2.35. The Kier molecular flexibility index (Phi) is 4.26. The molecular formula is C11H14N2O6. The van der Waals surface area contributed by atoms with Crippen LogP contribution in [0.3, 0.4) is 0 Å². The fourth-order valence-corrected chi connectivity index (χ4v) is 1.07. The van der Waals surface area contributed by atoms with Crippen LogP contribution >= 0.6 is 0 Å². The third-order valence-electron chi connectivity index (χ3n) is 1.74. The zero-order valence-corrected chi connectivity index (χ0v) is 10.8. The van der Waals surface area contributed by atoms with Crippen LogP contribution in [0.5, 0.6) is 0 Å². The number of hydrogen-bond acceptors (Lipinski definition) is 6. The molecule has 1 aliphatic heterocycles. The molecule has 8 heteroatoms. The lowest BCUT2D eigenvalue weighted by Gasteiger charge is -2.19. The summed E-state index contributed by atoms with van der Waals surface area (Å²) in [4.78, 5) is 49.2. The van der Waals surface area contributed by atoms with Gasteiger partial charge in [0.2, 0.25) is 0 Å². The van der Waals surface area contributed by atoms with Gasteiger partial charge in [-0.3, -0.25) is 9.59 Å². The standard InChI is InChI=1S/C11H14N2O6/c1-11(2,3)18-10(17)12-6-9(16)19-13-7(14)4-5-8(13)15/h4-5H,6H2,1-3H3,(H,12,17). The monoisotopic (exact) mass is 270 g/mol. The van der Waals surface area contributed by atoms with Gasteiger partial charge < -0.3 is 14.9 Å². The summed E-state index contributed by atoms with van der Waals surface area (Å²) >= 11 is 0. The molecule has 0 aromatic carbocycles. The molecule has 0 fully saturated rings. The molecule has 1 rings (SSSR count). The van der Waals surface area contributed by atoms with Gasteiger partial charge in [-0.1, -0.05) is 5.06 Å². The van der Waals surface area contributed by atoms with Gasteiger partial charge in [0, 0.05) is 12.2 Å². The molecule has 1 aliphatic rings. The van der Waals surface area contributed by atoms with E-state index < -0.39 is 36.0 Å². The van der Waals surface area contributed by atoms with Crippen LogP contribution in [0.25, 0.3) is 0 Å². The first kappa shape index (κ1) is 14.7. The van der Waals surface area contributed by atoms with Crippen molar-refractivity contribution < 1.29 is 28.8 Å². The number of ether oxygens (including phenoxy) is 1.